The Morgan fingerprint density at radius 1 is 1.14 bits per heavy atom. The van der Waals surface area contributed by atoms with Crippen LogP contribution in [0.15, 0.2) is 46.9 Å². The van der Waals surface area contributed by atoms with Crippen LogP contribution in [-0.2, 0) is 4.79 Å². The summed E-state index contributed by atoms with van der Waals surface area (Å²) in [6, 6.07) is 10.1. The van der Waals surface area contributed by atoms with Crippen molar-refractivity contribution >= 4 is 51.2 Å². The average Bonchev–Trinajstić information content (AvgIpc) is 2.42. The van der Waals surface area contributed by atoms with Gasteiger partial charge in [0.1, 0.15) is 11.5 Å². The molecule has 0 aliphatic heterocycles. The fourth-order valence-corrected chi connectivity index (χ4v) is 2.23. The predicted molar refractivity (Wildman–Crippen MR) is 87.3 cm³/mol. The highest BCUT2D eigenvalue weighted by molar-refractivity contribution is 9.10. The number of carboxylic acids is 1. The van der Waals surface area contributed by atoms with Crippen LogP contribution in [0.3, 0.4) is 0 Å². The third-order valence-corrected chi connectivity index (χ3v) is 3.53. The van der Waals surface area contributed by atoms with Crippen LogP contribution in [-0.4, -0.2) is 11.1 Å². The van der Waals surface area contributed by atoms with Crippen molar-refractivity contribution in [3.05, 3.63) is 62.6 Å². The molecule has 6 heteroatoms. The minimum atomic E-state index is -1.05. The first kappa shape index (κ1) is 15.9. The lowest BCUT2D eigenvalue weighted by Gasteiger charge is -2.11. The molecule has 0 aliphatic carbocycles. The molecule has 108 valence electrons. The Hall–Kier alpha value is -1.49. The molecule has 0 spiro atoms. The third kappa shape index (κ3) is 4.49. The molecule has 0 unspecified atom stereocenters. The van der Waals surface area contributed by atoms with Crippen molar-refractivity contribution in [1.82, 2.24) is 0 Å². The van der Waals surface area contributed by atoms with Crippen LogP contribution in [0.25, 0.3) is 6.08 Å². The molecule has 0 saturated heterocycles. The monoisotopic (exact) mass is 386 g/mol. The van der Waals surface area contributed by atoms with Crippen LogP contribution in [0.4, 0.5) is 0 Å². The van der Waals surface area contributed by atoms with Gasteiger partial charge in [0.25, 0.3) is 0 Å². The van der Waals surface area contributed by atoms with Crippen LogP contribution >= 0.6 is 39.1 Å². The molecule has 0 aliphatic rings. The highest BCUT2D eigenvalue weighted by atomic mass is 79.9. The van der Waals surface area contributed by atoms with Crippen LogP contribution < -0.4 is 4.74 Å². The summed E-state index contributed by atoms with van der Waals surface area (Å²) >= 11 is 15.4. The van der Waals surface area contributed by atoms with Crippen LogP contribution in [0.1, 0.15) is 5.56 Å². The van der Waals surface area contributed by atoms with Crippen LogP contribution in [0, 0.1) is 0 Å². The Morgan fingerprint density at radius 2 is 1.90 bits per heavy atom. The van der Waals surface area contributed by atoms with Gasteiger partial charge < -0.3 is 9.84 Å². The molecule has 2 aromatic carbocycles. The number of rotatable bonds is 4. The van der Waals surface area contributed by atoms with E-state index in [1.54, 1.807) is 36.4 Å². The number of aliphatic carboxylic acids is 1. The molecule has 0 fully saturated rings. The standard InChI is InChI=1S/C15H9BrCl2O3/c16-10-3-5-12(18)14(7-10)21-13-8-11(17)4-1-9(13)2-6-15(19)20/h1-8H,(H,19,20)/b6-2+. The molecule has 0 amide bonds. The number of halogens is 3. The number of hydrogen-bond donors (Lipinski definition) is 1. The van der Waals surface area contributed by atoms with E-state index >= 15 is 0 Å². The Labute approximate surface area is 139 Å². The molecule has 0 radical (unpaired) electrons. The first-order chi connectivity index (χ1) is 9.95. The molecule has 0 heterocycles. The van der Waals surface area contributed by atoms with Gasteiger partial charge in [-0.2, -0.15) is 0 Å². The number of hydrogen-bond acceptors (Lipinski definition) is 2. The molecule has 21 heavy (non-hydrogen) atoms. The summed E-state index contributed by atoms with van der Waals surface area (Å²) in [6.07, 6.45) is 2.46. The number of carboxylic acid groups (broad SMARTS) is 1. The summed E-state index contributed by atoms with van der Waals surface area (Å²) in [5, 5.41) is 9.62. The zero-order valence-corrected chi connectivity index (χ0v) is 13.6. The first-order valence-corrected chi connectivity index (χ1v) is 7.34. The Balaban J connectivity index is 2.40. The smallest absolute Gasteiger partial charge is 0.328 e. The lowest BCUT2D eigenvalue weighted by molar-refractivity contribution is -0.131. The van der Waals surface area contributed by atoms with E-state index in [0.717, 1.165) is 10.5 Å². The van der Waals surface area contributed by atoms with Crippen molar-refractivity contribution in [3.63, 3.8) is 0 Å². The predicted octanol–water partition coefficient (Wildman–Crippen LogP) is 5.65. The normalized spacial score (nSPS) is 10.8. The summed E-state index contributed by atoms with van der Waals surface area (Å²) < 4.78 is 6.56. The van der Waals surface area contributed by atoms with Crippen molar-refractivity contribution in [3.8, 4) is 11.5 Å². The van der Waals surface area contributed by atoms with E-state index in [9.17, 15) is 4.79 Å². The largest absolute Gasteiger partial charge is 0.478 e. The SMILES string of the molecule is O=C(O)/C=C/c1ccc(Cl)cc1Oc1cc(Br)ccc1Cl. The third-order valence-electron chi connectivity index (χ3n) is 2.49. The van der Waals surface area contributed by atoms with E-state index in [-0.39, 0.29) is 0 Å². The molecule has 0 saturated carbocycles. The van der Waals surface area contributed by atoms with Gasteiger partial charge >= 0.3 is 5.97 Å². The quantitative estimate of drug-likeness (QED) is 0.690. The minimum Gasteiger partial charge on any atom is -0.478 e. The van der Waals surface area contributed by atoms with E-state index in [1.165, 1.54) is 6.08 Å². The van der Waals surface area contributed by atoms with Gasteiger partial charge in [-0.3, -0.25) is 0 Å². The molecule has 0 atom stereocenters. The molecule has 2 aromatic rings. The summed E-state index contributed by atoms with van der Waals surface area (Å²) in [7, 11) is 0. The van der Waals surface area contributed by atoms with Crippen molar-refractivity contribution in [1.29, 1.82) is 0 Å². The molecule has 2 rings (SSSR count). The van der Waals surface area contributed by atoms with Gasteiger partial charge in [-0.25, -0.2) is 4.79 Å². The zero-order chi connectivity index (χ0) is 15.4. The first-order valence-electron chi connectivity index (χ1n) is 5.79. The van der Waals surface area contributed by atoms with E-state index in [4.69, 9.17) is 33.0 Å². The minimum absolute atomic E-state index is 0.417. The summed E-state index contributed by atoms with van der Waals surface area (Å²) in [5.41, 5.74) is 0.581. The van der Waals surface area contributed by atoms with Gasteiger partial charge in [0, 0.05) is 27.2 Å². The van der Waals surface area contributed by atoms with E-state index in [1.807, 2.05) is 0 Å². The highest BCUT2D eigenvalue weighted by Crippen LogP contribution is 2.35. The number of benzene rings is 2. The lowest BCUT2D eigenvalue weighted by atomic mass is 10.2. The molecule has 1 N–H and O–H groups in total. The lowest BCUT2D eigenvalue weighted by Crippen LogP contribution is -1.90. The second-order valence-corrected chi connectivity index (χ2v) is 5.79. The molecule has 0 bridgehead atoms. The van der Waals surface area contributed by atoms with Crippen molar-refractivity contribution < 1.29 is 14.6 Å². The highest BCUT2D eigenvalue weighted by Gasteiger charge is 2.08. The number of ether oxygens (including phenoxy) is 1. The second kappa shape index (κ2) is 6.98. The maximum Gasteiger partial charge on any atom is 0.328 e. The maximum atomic E-state index is 10.6. The van der Waals surface area contributed by atoms with Gasteiger partial charge in [-0.15, -0.1) is 0 Å². The van der Waals surface area contributed by atoms with Gasteiger partial charge in [0.05, 0.1) is 5.02 Å². The van der Waals surface area contributed by atoms with E-state index in [2.05, 4.69) is 15.9 Å². The van der Waals surface area contributed by atoms with Gasteiger partial charge in [-0.05, 0) is 36.4 Å². The summed E-state index contributed by atoms with van der Waals surface area (Å²) in [5.74, 6) is -0.185. The topological polar surface area (TPSA) is 46.5 Å². The number of carbonyl (C=O) groups is 1. The second-order valence-electron chi connectivity index (χ2n) is 4.03. The zero-order valence-electron chi connectivity index (χ0n) is 10.5. The fourth-order valence-electron chi connectivity index (χ4n) is 1.57. The fraction of sp³-hybridized carbons (Fsp3) is 0. The maximum absolute atomic E-state index is 10.6. The van der Waals surface area contributed by atoms with Crippen molar-refractivity contribution in [2.75, 3.05) is 0 Å². The Morgan fingerprint density at radius 3 is 2.62 bits per heavy atom. The molecular formula is C15H9BrCl2O3. The Kier molecular flexibility index (Phi) is 5.28. The summed E-state index contributed by atoms with van der Waals surface area (Å²) in [6.45, 7) is 0. The van der Waals surface area contributed by atoms with Crippen LogP contribution in [0.2, 0.25) is 10.0 Å². The van der Waals surface area contributed by atoms with Crippen molar-refractivity contribution in [2.24, 2.45) is 0 Å². The van der Waals surface area contributed by atoms with Crippen LogP contribution in [0.5, 0.6) is 11.5 Å². The van der Waals surface area contributed by atoms with E-state index < -0.39 is 5.97 Å². The summed E-state index contributed by atoms with van der Waals surface area (Å²) in [4.78, 5) is 10.6. The van der Waals surface area contributed by atoms with Gasteiger partial charge in [0.2, 0.25) is 0 Å². The van der Waals surface area contributed by atoms with Gasteiger partial charge in [-0.1, -0.05) is 39.1 Å². The average molecular weight is 388 g/mol. The molecular weight excluding hydrogens is 379 g/mol. The van der Waals surface area contributed by atoms with E-state index in [0.29, 0.717) is 27.1 Å². The molecule has 3 nitrogen and oxygen atoms in total. The Bertz CT molecular complexity index is 714. The van der Waals surface area contributed by atoms with Crippen molar-refractivity contribution in [2.45, 2.75) is 0 Å². The van der Waals surface area contributed by atoms with Gasteiger partial charge in [0.15, 0.2) is 0 Å². The molecule has 0 aromatic heterocycles.